The maximum Gasteiger partial charge on any atom is 0.410 e. The molecule has 2 fully saturated rings. The Bertz CT molecular complexity index is 901. The Morgan fingerprint density at radius 1 is 1.22 bits per heavy atom. The van der Waals surface area contributed by atoms with Crippen molar-refractivity contribution >= 4 is 12.0 Å². The second-order valence-electron chi connectivity index (χ2n) is 7.07. The fourth-order valence-electron chi connectivity index (χ4n) is 4.02. The van der Waals surface area contributed by atoms with Crippen LogP contribution in [-0.4, -0.2) is 58.6 Å². The number of benzene rings is 1. The number of carbonyl (C=O) groups excluding carboxylic acids is 2. The Morgan fingerprint density at radius 3 is 3.00 bits per heavy atom. The van der Waals surface area contributed by atoms with Crippen LogP contribution in [0.1, 0.15) is 21.6 Å². The van der Waals surface area contributed by atoms with Gasteiger partial charge in [-0.3, -0.25) is 14.7 Å². The van der Waals surface area contributed by atoms with Crippen molar-refractivity contribution in [1.82, 2.24) is 14.8 Å². The molecule has 0 saturated carbocycles. The molecule has 3 aliphatic heterocycles. The van der Waals surface area contributed by atoms with Gasteiger partial charge >= 0.3 is 6.09 Å². The molecule has 1 aromatic heterocycles. The van der Waals surface area contributed by atoms with E-state index in [9.17, 15) is 9.59 Å². The van der Waals surface area contributed by atoms with Crippen molar-refractivity contribution in [2.45, 2.75) is 25.1 Å². The molecule has 138 valence electrons. The molecule has 1 aromatic carbocycles. The number of aromatic nitrogens is 1. The van der Waals surface area contributed by atoms with Crippen LogP contribution in [0.5, 0.6) is 5.75 Å². The maximum atomic E-state index is 12.9. The first-order valence-electron chi connectivity index (χ1n) is 9.11. The van der Waals surface area contributed by atoms with Crippen molar-refractivity contribution in [2.24, 2.45) is 0 Å². The lowest BCUT2D eigenvalue weighted by Gasteiger charge is -2.22. The lowest BCUT2D eigenvalue weighted by molar-refractivity contribution is 0.0726. The summed E-state index contributed by atoms with van der Waals surface area (Å²) in [5, 5.41) is 0. The van der Waals surface area contributed by atoms with E-state index in [0.29, 0.717) is 31.8 Å². The van der Waals surface area contributed by atoms with Crippen LogP contribution in [0.15, 0.2) is 42.6 Å². The van der Waals surface area contributed by atoms with E-state index >= 15 is 0 Å². The van der Waals surface area contributed by atoms with Crippen molar-refractivity contribution < 1.29 is 19.1 Å². The highest BCUT2D eigenvalue weighted by Gasteiger charge is 2.49. The highest BCUT2D eigenvalue weighted by atomic mass is 16.6. The minimum absolute atomic E-state index is 0.0343. The summed E-state index contributed by atoms with van der Waals surface area (Å²) in [6.07, 6.45) is 1.91. The lowest BCUT2D eigenvalue weighted by Crippen LogP contribution is -2.39. The van der Waals surface area contributed by atoms with Crippen LogP contribution >= 0.6 is 0 Å². The molecule has 7 nitrogen and oxygen atoms in total. The summed E-state index contributed by atoms with van der Waals surface area (Å²) >= 11 is 0. The molecule has 0 aliphatic carbocycles. The van der Waals surface area contributed by atoms with Gasteiger partial charge in [-0.1, -0.05) is 6.07 Å². The number of carbonyl (C=O) groups is 2. The molecule has 3 aliphatic rings. The number of fused-ring (bicyclic) bond motifs is 2. The van der Waals surface area contributed by atoms with Gasteiger partial charge in [-0.05, 0) is 35.9 Å². The van der Waals surface area contributed by atoms with Crippen LogP contribution in [-0.2, 0) is 17.7 Å². The maximum absolute atomic E-state index is 12.9. The quantitative estimate of drug-likeness (QED) is 0.830. The van der Waals surface area contributed by atoms with E-state index in [4.69, 9.17) is 9.47 Å². The van der Waals surface area contributed by atoms with E-state index < -0.39 is 0 Å². The van der Waals surface area contributed by atoms with Crippen LogP contribution in [0.4, 0.5) is 4.79 Å². The molecule has 5 rings (SSSR count). The third-order valence-corrected chi connectivity index (χ3v) is 5.41. The van der Waals surface area contributed by atoms with Gasteiger partial charge in [0.2, 0.25) is 0 Å². The SMILES string of the molecule is O=C(c1ccc2c(c1)CCO2)N1C[C@H]2OC(=O)N(Cc3ccccn3)[C@H]2C1. The molecule has 2 atom stereocenters. The zero-order valence-electron chi connectivity index (χ0n) is 14.7. The van der Waals surface area contributed by atoms with E-state index in [-0.39, 0.29) is 24.1 Å². The molecule has 4 heterocycles. The minimum atomic E-state index is -0.336. The number of rotatable bonds is 3. The molecule has 2 amide bonds. The van der Waals surface area contributed by atoms with Gasteiger partial charge < -0.3 is 14.4 Å². The van der Waals surface area contributed by atoms with Gasteiger partial charge in [-0.25, -0.2) is 4.79 Å². The molecule has 0 radical (unpaired) electrons. The summed E-state index contributed by atoms with van der Waals surface area (Å²) in [7, 11) is 0. The predicted octanol–water partition coefficient (Wildman–Crippen LogP) is 1.86. The Morgan fingerprint density at radius 2 is 2.15 bits per heavy atom. The first-order valence-corrected chi connectivity index (χ1v) is 9.11. The second-order valence-corrected chi connectivity index (χ2v) is 7.07. The Labute approximate surface area is 156 Å². The monoisotopic (exact) mass is 365 g/mol. The van der Waals surface area contributed by atoms with Gasteiger partial charge in [-0.15, -0.1) is 0 Å². The summed E-state index contributed by atoms with van der Waals surface area (Å²) in [6, 6.07) is 11.1. The topological polar surface area (TPSA) is 72.0 Å². The van der Waals surface area contributed by atoms with Gasteiger partial charge in [0.05, 0.1) is 31.4 Å². The second kappa shape index (κ2) is 6.26. The molecule has 27 heavy (non-hydrogen) atoms. The fraction of sp³-hybridized carbons (Fsp3) is 0.350. The summed E-state index contributed by atoms with van der Waals surface area (Å²) in [5.74, 6) is 0.827. The number of nitrogens with zero attached hydrogens (tertiary/aromatic N) is 3. The zero-order valence-corrected chi connectivity index (χ0v) is 14.7. The summed E-state index contributed by atoms with van der Waals surface area (Å²) < 4.78 is 11.0. The third kappa shape index (κ3) is 2.79. The Balaban J connectivity index is 1.32. The van der Waals surface area contributed by atoms with E-state index in [1.807, 2.05) is 30.3 Å². The number of hydrogen-bond donors (Lipinski definition) is 0. The lowest BCUT2D eigenvalue weighted by atomic mass is 10.1. The first-order chi connectivity index (χ1) is 13.2. The third-order valence-electron chi connectivity index (χ3n) is 5.41. The number of pyridine rings is 1. The largest absolute Gasteiger partial charge is 0.493 e. The Hall–Kier alpha value is -3.09. The van der Waals surface area contributed by atoms with Crippen molar-refractivity contribution in [1.29, 1.82) is 0 Å². The van der Waals surface area contributed by atoms with Crippen LogP contribution < -0.4 is 4.74 Å². The average Bonchev–Trinajstić information content (AvgIpc) is 3.38. The summed E-state index contributed by atoms with van der Waals surface area (Å²) in [6.45, 7) is 1.94. The van der Waals surface area contributed by atoms with E-state index in [0.717, 1.165) is 23.4 Å². The van der Waals surface area contributed by atoms with Gasteiger partial charge in [-0.2, -0.15) is 0 Å². The van der Waals surface area contributed by atoms with Crippen molar-refractivity contribution in [3.8, 4) is 5.75 Å². The van der Waals surface area contributed by atoms with Crippen LogP contribution in [0.3, 0.4) is 0 Å². The van der Waals surface area contributed by atoms with Gasteiger partial charge in [0.25, 0.3) is 5.91 Å². The van der Waals surface area contributed by atoms with E-state index in [1.165, 1.54) is 0 Å². The summed E-state index contributed by atoms with van der Waals surface area (Å²) in [4.78, 5) is 32.9. The molecule has 7 heteroatoms. The van der Waals surface area contributed by atoms with Crippen LogP contribution in [0.25, 0.3) is 0 Å². The molecule has 0 bridgehead atoms. The van der Waals surface area contributed by atoms with Gasteiger partial charge in [0.1, 0.15) is 11.9 Å². The average molecular weight is 365 g/mol. The van der Waals surface area contributed by atoms with Gasteiger partial charge in [0, 0.05) is 24.7 Å². The number of likely N-dealkylation sites (tertiary alicyclic amines) is 1. The molecule has 0 unspecified atom stereocenters. The molecule has 2 aromatic rings. The van der Waals surface area contributed by atoms with E-state index in [2.05, 4.69) is 4.98 Å². The molecule has 0 N–H and O–H groups in total. The highest BCUT2D eigenvalue weighted by Crippen LogP contribution is 2.31. The Kier molecular flexibility index (Phi) is 3.74. The van der Waals surface area contributed by atoms with Gasteiger partial charge in [0.15, 0.2) is 0 Å². The summed E-state index contributed by atoms with van der Waals surface area (Å²) in [5.41, 5.74) is 2.53. The van der Waals surface area contributed by atoms with Crippen molar-refractivity contribution in [2.75, 3.05) is 19.7 Å². The smallest absolute Gasteiger partial charge is 0.410 e. The number of ether oxygens (including phenoxy) is 2. The van der Waals surface area contributed by atoms with Crippen LogP contribution in [0, 0.1) is 0 Å². The van der Waals surface area contributed by atoms with Crippen LogP contribution in [0.2, 0.25) is 0 Å². The normalized spacial score (nSPS) is 23.0. The minimum Gasteiger partial charge on any atom is -0.493 e. The fourth-order valence-corrected chi connectivity index (χ4v) is 4.02. The molecule has 0 spiro atoms. The molecular weight excluding hydrogens is 346 g/mol. The first kappa shape index (κ1) is 16.1. The van der Waals surface area contributed by atoms with E-state index in [1.54, 1.807) is 22.1 Å². The zero-order chi connectivity index (χ0) is 18.4. The van der Waals surface area contributed by atoms with Crippen molar-refractivity contribution in [3.63, 3.8) is 0 Å². The van der Waals surface area contributed by atoms with Crippen molar-refractivity contribution in [3.05, 3.63) is 59.4 Å². The highest BCUT2D eigenvalue weighted by molar-refractivity contribution is 5.95. The predicted molar refractivity (Wildman–Crippen MR) is 95.4 cm³/mol. The number of hydrogen-bond acceptors (Lipinski definition) is 5. The molecule has 2 saturated heterocycles. The molecular formula is C20H19N3O4. The number of amides is 2. The standard InChI is InChI=1S/C20H19N3O4/c24-19(14-4-5-17-13(9-14)6-8-26-17)22-11-16-18(12-22)27-20(25)23(16)10-15-3-1-2-7-21-15/h1-5,7,9,16,18H,6,8,10-12H2/t16-,18+/m0/s1.